The Morgan fingerprint density at radius 3 is 1.91 bits per heavy atom. The normalized spacial score (nSPS) is 13.9. The van der Waals surface area contributed by atoms with Gasteiger partial charge in [-0.15, -0.1) is 0 Å². The lowest BCUT2D eigenvalue weighted by Gasteiger charge is -2.24. The predicted octanol–water partition coefficient (Wildman–Crippen LogP) is 1.05. The fourth-order valence-corrected chi connectivity index (χ4v) is 2.22. The number of rotatable bonds is 10. The third-order valence-corrected chi connectivity index (χ3v) is 3.61. The van der Waals surface area contributed by atoms with Crippen LogP contribution in [0.5, 0.6) is 0 Å². The molecule has 0 aromatic rings. The van der Waals surface area contributed by atoms with Gasteiger partial charge in [0.2, 0.25) is 0 Å². The molecule has 0 saturated heterocycles. The lowest BCUT2D eigenvalue weighted by molar-refractivity contribution is -0.864. The van der Waals surface area contributed by atoms with Crippen molar-refractivity contribution in [2.45, 2.75) is 52.0 Å². The molecule has 0 aromatic heterocycles. The molecule has 0 aliphatic carbocycles. The smallest absolute Gasteiger partial charge is 0.320 e. The van der Waals surface area contributed by atoms with E-state index in [0.29, 0.717) is 10.4 Å². The maximum absolute atomic E-state index is 11.0. The van der Waals surface area contributed by atoms with E-state index in [9.17, 15) is 14.7 Å². The molecule has 0 heterocycles. The van der Waals surface area contributed by atoms with Crippen molar-refractivity contribution < 1.29 is 24.3 Å². The lowest BCUT2D eigenvalue weighted by Crippen LogP contribution is -2.45. The second-order valence-electron chi connectivity index (χ2n) is 7.29. The number of hydrogen-bond acceptors (Lipinski definition) is 4. The van der Waals surface area contributed by atoms with Crippen LogP contribution in [-0.4, -0.2) is 74.3 Å². The quantitative estimate of drug-likeness (QED) is 0.605. The maximum Gasteiger partial charge on any atom is 0.320 e. The zero-order chi connectivity index (χ0) is 18.6. The fraction of sp³-hybridized carbons (Fsp3) is 0.882. The van der Waals surface area contributed by atoms with Gasteiger partial charge in [0.15, 0.2) is 0 Å². The van der Waals surface area contributed by atoms with E-state index >= 15 is 0 Å². The molecule has 1 N–H and O–H groups in total. The number of carboxylic acid groups (broad SMARTS) is 2. The minimum Gasteiger partial charge on any atom is -0.544 e. The Labute approximate surface area is 141 Å². The molecule has 6 nitrogen and oxygen atoms in total. The molecular weight excluding hydrogens is 296 g/mol. The van der Waals surface area contributed by atoms with Crippen LogP contribution < -0.4 is 5.11 Å². The fourth-order valence-electron chi connectivity index (χ4n) is 2.22. The van der Waals surface area contributed by atoms with Crippen molar-refractivity contribution in [1.82, 2.24) is 4.90 Å². The van der Waals surface area contributed by atoms with Crippen LogP contribution in [0.1, 0.15) is 46.0 Å². The minimum absolute atomic E-state index is 0.0694. The van der Waals surface area contributed by atoms with Crippen molar-refractivity contribution in [3.63, 3.8) is 0 Å². The van der Waals surface area contributed by atoms with E-state index in [1.165, 1.54) is 12.8 Å². The number of carboxylic acids is 2. The van der Waals surface area contributed by atoms with Crippen LogP contribution in [0.4, 0.5) is 0 Å². The monoisotopic (exact) mass is 332 g/mol. The number of aliphatic carboxylic acids is 2. The summed E-state index contributed by atoms with van der Waals surface area (Å²) < 4.78 is 0.419. The summed E-state index contributed by atoms with van der Waals surface area (Å²) in [6.45, 7) is 4.39. The number of hydrogen-bond donors (Lipinski definition) is 1. The van der Waals surface area contributed by atoms with Crippen molar-refractivity contribution in [3.8, 4) is 0 Å². The molecule has 6 heteroatoms. The average molecular weight is 332 g/mol. The molecule has 138 valence electrons. The summed E-state index contributed by atoms with van der Waals surface area (Å²) in [6.07, 6.45) is 5.41. The second kappa shape index (κ2) is 12.3. The summed E-state index contributed by atoms with van der Waals surface area (Å²) in [5, 5.41) is 19.0. The third kappa shape index (κ3) is 15.5. The Morgan fingerprint density at radius 1 is 1.17 bits per heavy atom. The molecule has 0 aromatic carbocycles. The van der Waals surface area contributed by atoms with E-state index in [1.54, 1.807) is 26.0 Å². The molecule has 0 saturated carbocycles. The van der Waals surface area contributed by atoms with Gasteiger partial charge in [-0.2, -0.15) is 0 Å². The van der Waals surface area contributed by atoms with Crippen LogP contribution >= 0.6 is 0 Å². The van der Waals surface area contributed by atoms with Crippen molar-refractivity contribution in [2.24, 2.45) is 5.92 Å². The van der Waals surface area contributed by atoms with Crippen LogP contribution in [0, 0.1) is 5.92 Å². The first kappa shape index (κ1) is 24.1. The van der Waals surface area contributed by atoms with E-state index in [-0.39, 0.29) is 12.6 Å². The Balaban J connectivity index is 0. The summed E-state index contributed by atoms with van der Waals surface area (Å²) in [6, 6.07) is -0.327. The molecule has 0 amide bonds. The molecule has 0 bridgehead atoms. The summed E-state index contributed by atoms with van der Waals surface area (Å²) in [7, 11) is 9.08. The Kier molecular flexibility index (Phi) is 12.9. The molecule has 0 aliphatic heterocycles. The third-order valence-electron chi connectivity index (χ3n) is 3.61. The van der Waals surface area contributed by atoms with Crippen LogP contribution in [0.15, 0.2) is 0 Å². The van der Waals surface area contributed by atoms with E-state index in [4.69, 9.17) is 5.11 Å². The maximum atomic E-state index is 11.0. The number of nitrogens with zero attached hydrogens (tertiary/aromatic N) is 2. The SMILES string of the molecule is CCCCC(CC)CC(C(=O)O)N(C)C.C[N+](C)(C)CC(=O)[O-]. The van der Waals surface area contributed by atoms with Crippen LogP contribution in [0.25, 0.3) is 0 Å². The number of unbranched alkanes of at least 4 members (excludes halogenated alkanes) is 1. The molecule has 23 heavy (non-hydrogen) atoms. The van der Waals surface area contributed by atoms with Crippen LogP contribution in [0.2, 0.25) is 0 Å². The van der Waals surface area contributed by atoms with Gasteiger partial charge in [0.1, 0.15) is 12.6 Å². The van der Waals surface area contributed by atoms with Crippen molar-refractivity contribution in [3.05, 3.63) is 0 Å². The van der Waals surface area contributed by atoms with Crippen molar-refractivity contribution in [2.75, 3.05) is 41.8 Å². The summed E-state index contributed by atoms with van der Waals surface area (Å²) in [5.41, 5.74) is 0. The average Bonchev–Trinajstić information content (AvgIpc) is 2.35. The van der Waals surface area contributed by atoms with Gasteiger partial charge in [0.05, 0.1) is 27.1 Å². The van der Waals surface area contributed by atoms with Gasteiger partial charge in [-0.05, 0) is 26.4 Å². The van der Waals surface area contributed by atoms with Crippen LogP contribution in [-0.2, 0) is 9.59 Å². The van der Waals surface area contributed by atoms with Crippen molar-refractivity contribution >= 4 is 11.9 Å². The van der Waals surface area contributed by atoms with Gasteiger partial charge >= 0.3 is 5.97 Å². The highest BCUT2D eigenvalue weighted by Crippen LogP contribution is 2.20. The Hall–Kier alpha value is -1.14. The summed E-state index contributed by atoms with van der Waals surface area (Å²) in [4.78, 5) is 22.7. The zero-order valence-electron chi connectivity index (χ0n) is 16.0. The van der Waals surface area contributed by atoms with Gasteiger partial charge in [-0.3, -0.25) is 9.69 Å². The Morgan fingerprint density at radius 2 is 1.70 bits per heavy atom. The molecule has 0 radical (unpaired) electrons. The highest BCUT2D eigenvalue weighted by atomic mass is 16.4. The van der Waals surface area contributed by atoms with E-state index in [0.717, 1.165) is 19.3 Å². The first-order valence-electron chi connectivity index (χ1n) is 8.34. The van der Waals surface area contributed by atoms with E-state index < -0.39 is 11.9 Å². The highest BCUT2D eigenvalue weighted by Gasteiger charge is 2.23. The molecular formula is C17H36N2O4. The lowest BCUT2D eigenvalue weighted by atomic mass is 9.92. The zero-order valence-corrected chi connectivity index (χ0v) is 16.0. The molecule has 2 atom stereocenters. The molecule has 0 aliphatic rings. The minimum atomic E-state index is -1.00. The van der Waals surface area contributed by atoms with E-state index in [1.807, 2.05) is 14.1 Å². The summed E-state index contributed by atoms with van der Waals surface area (Å²) >= 11 is 0. The standard InChI is InChI=1S/C12H25NO2.C5H11NO2/c1-5-7-8-10(6-2)9-11(12(14)15)13(3)4;1-6(2,3)4-5(7)8/h10-11H,5-9H2,1-4H3,(H,14,15);4H2,1-3H3. The first-order valence-corrected chi connectivity index (χ1v) is 8.34. The molecule has 0 rings (SSSR count). The van der Waals surface area contributed by atoms with E-state index in [2.05, 4.69) is 13.8 Å². The second-order valence-corrected chi connectivity index (χ2v) is 7.29. The van der Waals surface area contributed by atoms with Gasteiger partial charge < -0.3 is 19.5 Å². The number of carbonyl (C=O) groups excluding carboxylic acids is 1. The van der Waals surface area contributed by atoms with Gasteiger partial charge in [-0.1, -0.05) is 39.5 Å². The predicted molar refractivity (Wildman–Crippen MR) is 90.9 cm³/mol. The molecule has 0 spiro atoms. The number of quaternary nitrogens is 1. The van der Waals surface area contributed by atoms with Gasteiger partial charge in [0.25, 0.3) is 0 Å². The number of likely N-dealkylation sites (N-methyl/N-ethyl adjacent to an activating group) is 2. The topological polar surface area (TPSA) is 80.7 Å². The highest BCUT2D eigenvalue weighted by molar-refractivity contribution is 5.73. The summed E-state index contributed by atoms with van der Waals surface area (Å²) in [5.74, 6) is -1.15. The van der Waals surface area contributed by atoms with Gasteiger partial charge in [-0.25, -0.2) is 0 Å². The number of carbonyl (C=O) groups is 2. The Bertz CT molecular complexity index is 338. The molecule has 0 fully saturated rings. The first-order chi connectivity index (χ1) is 10.4. The molecule has 2 unspecified atom stereocenters. The van der Waals surface area contributed by atoms with Crippen LogP contribution in [0.3, 0.4) is 0 Å². The largest absolute Gasteiger partial charge is 0.544 e. The van der Waals surface area contributed by atoms with Crippen molar-refractivity contribution in [1.29, 1.82) is 0 Å². The van der Waals surface area contributed by atoms with Gasteiger partial charge in [0, 0.05) is 0 Å².